The number of carbonyl (C=O) groups is 3. The number of anilines is 1. The Bertz CT molecular complexity index is 829. The number of rotatable bonds is 6. The number of carbonyl (C=O) groups excluding carboxylic acids is 3. The van der Waals surface area contributed by atoms with Crippen molar-refractivity contribution in [3.63, 3.8) is 0 Å². The maximum absolute atomic E-state index is 12.3. The second-order valence-electron chi connectivity index (χ2n) is 6.14. The first kappa shape index (κ1) is 16.9. The largest absolute Gasteiger partial charge is 0.352 e. The van der Waals surface area contributed by atoms with Gasteiger partial charge in [-0.3, -0.25) is 14.4 Å². The van der Waals surface area contributed by atoms with Crippen molar-refractivity contribution in [1.82, 2.24) is 5.32 Å². The molecular weight excluding hydrogens is 316 g/mol. The molecule has 1 N–H and O–H groups in total. The van der Waals surface area contributed by atoms with E-state index in [4.69, 9.17) is 0 Å². The van der Waals surface area contributed by atoms with Crippen molar-refractivity contribution < 1.29 is 14.4 Å². The summed E-state index contributed by atoms with van der Waals surface area (Å²) in [6, 6.07) is 12.8. The second-order valence-corrected chi connectivity index (χ2v) is 6.14. The molecule has 0 spiro atoms. The lowest BCUT2D eigenvalue weighted by atomic mass is 10.0. The van der Waals surface area contributed by atoms with Crippen LogP contribution in [0.4, 0.5) is 5.69 Å². The quantitative estimate of drug-likeness (QED) is 0.651. The number of nitrogens with one attached hydrogen (secondary N) is 1. The van der Waals surface area contributed by atoms with Crippen molar-refractivity contribution in [2.45, 2.75) is 19.8 Å². The molecule has 0 saturated heterocycles. The summed E-state index contributed by atoms with van der Waals surface area (Å²) in [7, 11) is 0. The topological polar surface area (TPSA) is 66.5 Å². The molecule has 0 unspecified atom stereocenters. The molecule has 1 aliphatic rings. The zero-order valence-electron chi connectivity index (χ0n) is 14.1. The van der Waals surface area contributed by atoms with Crippen LogP contribution in [0.2, 0.25) is 0 Å². The van der Waals surface area contributed by atoms with Gasteiger partial charge in [0.2, 0.25) is 6.41 Å². The molecule has 0 fully saturated rings. The maximum atomic E-state index is 12.3. The van der Waals surface area contributed by atoms with Crippen LogP contribution in [0.5, 0.6) is 0 Å². The van der Waals surface area contributed by atoms with Gasteiger partial charge >= 0.3 is 0 Å². The van der Waals surface area contributed by atoms with E-state index in [2.05, 4.69) is 5.32 Å². The summed E-state index contributed by atoms with van der Waals surface area (Å²) in [6.07, 6.45) is 1.82. The third-order valence-electron chi connectivity index (χ3n) is 4.49. The first-order valence-corrected chi connectivity index (χ1v) is 8.32. The number of hydrogen-bond acceptors (Lipinski definition) is 3. The van der Waals surface area contributed by atoms with Gasteiger partial charge in [-0.15, -0.1) is 0 Å². The molecule has 5 nitrogen and oxygen atoms in total. The van der Waals surface area contributed by atoms with Crippen molar-refractivity contribution in [2.75, 3.05) is 18.0 Å². The van der Waals surface area contributed by atoms with Crippen molar-refractivity contribution in [3.8, 4) is 0 Å². The van der Waals surface area contributed by atoms with Crippen LogP contribution in [0, 0.1) is 6.92 Å². The lowest BCUT2D eigenvalue weighted by Gasteiger charge is -2.10. The Morgan fingerprint density at radius 3 is 2.76 bits per heavy atom. The van der Waals surface area contributed by atoms with Crippen molar-refractivity contribution in [1.29, 1.82) is 0 Å². The van der Waals surface area contributed by atoms with E-state index in [0.717, 1.165) is 29.6 Å². The highest BCUT2D eigenvalue weighted by Gasteiger charge is 2.20. The molecule has 25 heavy (non-hydrogen) atoms. The first-order valence-electron chi connectivity index (χ1n) is 8.32. The van der Waals surface area contributed by atoms with Crippen LogP contribution in [0.25, 0.3) is 0 Å². The Balaban J connectivity index is 1.58. The SMILES string of the molecule is Cc1ccccc1C(=O)NCCC(=O)c1ccc2c(c1)CCN2C=O. The minimum Gasteiger partial charge on any atom is -0.352 e. The Kier molecular flexibility index (Phi) is 4.93. The smallest absolute Gasteiger partial charge is 0.251 e. The van der Waals surface area contributed by atoms with E-state index in [1.54, 1.807) is 17.0 Å². The van der Waals surface area contributed by atoms with E-state index in [1.807, 2.05) is 37.3 Å². The minimum atomic E-state index is -0.165. The molecule has 2 amide bonds. The fourth-order valence-electron chi connectivity index (χ4n) is 3.07. The summed E-state index contributed by atoms with van der Waals surface area (Å²) in [5, 5.41) is 2.79. The van der Waals surface area contributed by atoms with Gasteiger partial charge < -0.3 is 10.2 Å². The fraction of sp³-hybridized carbons (Fsp3) is 0.250. The van der Waals surface area contributed by atoms with Gasteiger partial charge in [0.25, 0.3) is 5.91 Å². The highest BCUT2D eigenvalue weighted by atomic mass is 16.2. The lowest BCUT2D eigenvalue weighted by molar-refractivity contribution is -0.107. The Labute approximate surface area is 146 Å². The van der Waals surface area contributed by atoms with Crippen molar-refractivity contribution in [3.05, 3.63) is 64.7 Å². The van der Waals surface area contributed by atoms with Crippen LogP contribution in [-0.2, 0) is 11.2 Å². The van der Waals surface area contributed by atoms with Crippen LogP contribution in [0.1, 0.15) is 38.3 Å². The van der Waals surface area contributed by atoms with Gasteiger partial charge in [0.05, 0.1) is 0 Å². The Hall–Kier alpha value is -2.95. The molecule has 2 aromatic rings. The molecule has 2 aromatic carbocycles. The van der Waals surface area contributed by atoms with Crippen molar-refractivity contribution in [2.24, 2.45) is 0 Å². The zero-order chi connectivity index (χ0) is 17.8. The normalized spacial score (nSPS) is 12.6. The number of aryl methyl sites for hydroxylation is 1. The van der Waals surface area contributed by atoms with E-state index in [0.29, 0.717) is 24.2 Å². The summed E-state index contributed by atoms with van der Waals surface area (Å²) in [4.78, 5) is 37.1. The van der Waals surface area contributed by atoms with Gasteiger partial charge in [-0.05, 0) is 48.7 Å². The molecule has 0 saturated carbocycles. The first-order chi connectivity index (χ1) is 12.1. The van der Waals surface area contributed by atoms with Gasteiger partial charge in [0.1, 0.15) is 0 Å². The average Bonchev–Trinajstić information content (AvgIpc) is 3.04. The molecule has 5 heteroatoms. The minimum absolute atomic E-state index is 0.0163. The van der Waals surface area contributed by atoms with Crippen LogP contribution in [0.3, 0.4) is 0 Å². The number of amides is 2. The molecule has 0 aromatic heterocycles. The molecule has 0 bridgehead atoms. The Morgan fingerprint density at radius 2 is 2.00 bits per heavy atom. The van der Waals surface area contributed by atoms with Crippen LogP contribution < -0.4 is 10.2 Å². The van der Waals surface area contributed by atoms with E-state index in [1.165, 1.54) is 0 Å². The number of fused-ring (bicyclic) bond motifs is 1. The number of Topliss-reactive ketones (excluding diaryl/α,β-unsaturated/α-hetero) is 1. The van der Waals surface area contributed by atoms with Gasteiger partial charge in [-0.25, -0.2) is 0 Å². The summed E-state index contributed by atoms with van der Waals surface area (Å²) in [5.41, 5.74) is 4.05. The van der Waals surface area contributed by atoms with E-state index >= 15 is 0 Å². The average molecular weight is 336 g/mol. The highest BCUT2D eigenvalue weighted by Crippen LogP contribution is 2.27. The molecule has 128 valence electrons. The van der Waals surface area contributed by atoms with Gasteiger partial charge in [0.15, 0.2) is 5.78 Å². The number of ketones is 1. The third-order valence-corrected chi connectivity index (χ3v) is 4.49. The number of benzene rings is 2. The zero-order valence-corrected chi connectivity index (χ0v) is 14.1. The number of nitrogens with zero attached hydrogens (tertiary/aromatic N) is 1. The van der Waals surface area contributed by atoms with Gasteiger partial charge in [0, 0.05) is 36.3 Å². The van der Waals surface area contributed by atoms with E-state index < -0.39 is 0 Å². The molecule has 0 radical (unpaired) electrons. The monoisotopic (exact) mass is 336 g/mol. The lowest BCUT2D eigenvalue weighted by Crippen LogP contribution is -2.26. The van der Waals surface area contributed by atoms with E-state index in [-0.39, 0.29) is 18.1 Å². The molecule has 1 aliphatic heterocycles. The van der Waals surface area contributed by atoms with Gasteiger partial charge in [-0.2, -0.15) is 0 Å². The summed E-state index contributed by atoms with van der Waals surface area (Å²) >= 11 is 0. The molecular formula is C20H20N2O3. The van der Waals surface area contributed by atoms with Gasteiger partial charge in [-0.1, -0.05) is 18.2 Å². The predicted octanol–water partition coefficient (Wildman–Crippen LogP) is 2.52. The number of hydrogen-bond donors (Lipinski definition) is 1. The standard InChI is InChI=1S/C20H20N2O3/c1-14-4-2-3-5-17(14)20(25)21-10-8-19(24)16-6-7-18-15(12-16)9-11-22(18)13-23/h2-7,12-13H,8-11H2,1H3,(H,21,25). The van der Waals surface area contributed by atoms with Crippen LogP contribution in [-0.4, -0.2) is 31.2 Å². The summed E-state index contributed by atoms with van der Waals surface area (Å²) < 4.78 is 0. The summed E-state index contributed by atoms with van der Waals surface area (Å²) in [5.74, 6) is -0.182. The third kappa shape index (κ3) is 3.60. The second kappa shape index (κ2) is 7.30. The molecule has 0 aliphatic carbocycles. The maximum Gasteiger partial charge on any atom is 0.251 e. The van der Waals surface area contributed by atoms with Crippen LogP contribution >= 0.6 is 0 Å². The van der Waals surface area contributed by atoms with Crippen molar-refractivity contribution >= 4 is 23.8 Å². The fourth-order valence-corrected chi connectivity index (χ4v) is 3.07. The predicted molar refractivity (Wildman–Crippen MR) is 96.0 cm³/mol. The highest BCUT2D eigenvalue weighted by molar-refractivity contribution is 5.99. The molecule has 3 rings (SSSR count). The summed E-state index contributed by atoms with van der Waals surface area (Å²) in [6.45, 7) is 2.83. The van der Waals surface area contributed by atoms with Crippen LogP contribution in [0.15, 0.2) is 42.5 Å². The molecule has 1 heterocycles. The molecule has 0 atom stereocenters. The Morgan fingerprint density at radius 1 is 1.20 bits per heavy atom. The van der Waals surface area contributed by atoms with E-state index in [9.17, 15) is 14.4 Å².